The molecule has 0 saturated heterocycles. The molecule has 0 spiro atoms. The fraction of sp³-hybridized carbons (Fsp3) is 1.00. The van der Waals surface area contributed by atoms with Crippen molar-refractivity contribution in [3.05, 3.63) is 0 Å². The lowest BCUT2D eigenvalue weighted by molar-refractivity contribution is -0.214. The molecule has 0 radical (unpaired) electrons. The first-order chi connectivity index (χ1) is 6.48. The summed E-state index contributed by atoms with van der Waals surface area (Å²) >= 11 is 0. The van der Waals surface area contributed by atoms with E-state index >= 15 is 0 Å². The quantitative estimate of drug-likeness (QED) is 0.655. The molecule has 1 unspecified atom stereocenters. The first-order valence-electron chi connectivity index (χ1n) is 4.81. The van der Waals surface area contributed by atoms with Gasteiger partial charge in [0.25, 0.3) is 0 Å². The maximum atomic E-state index is 11.9. The fourth-order valence-corrected chi connectivity index (χ4v) is 0.935. The minimum absolute atomic E-state index is 0.185. The number of ether oxygens (including phenoxy) is 1. The Morgan fingerprint density at radius 1 is 1.21 bits per heavy atom. The van der Waals surface area contributed by atoms with Gasteiger partial charge >= 0.3 is 6.18 Å². The van der Waals surface area contributed by atoms with Gasteiger partial charge in [-0.1, -0.05) is 0 Å². The second-order valence-electron chi connectivity index (χ2n) is 3.22. The summed E-state index contributed by atoms with van der Waals surface area (Å²) in [5, 5.41) is 2.97. The van der Waals surface area contributed by atoms with Crippen LogP contribution in [0.15, 0.2) is 0 Å². The summed E-state index contributed by atoms with van der Waals surface area (Å²) in [6.45, 7) is 2.12. The molecule has 14 heavy (non-hydrogen) atoms. The Morgan fingerprint density at radius 3 is 2.36 bits per heavy atom. The Bertz CT molecular complexity index is 139. The van der Waals surface area contributed by atoms with Crippen LogP contribution in [0.1, 0.15) is 26.2 Å². The first-order valence-corrected chi connectivity index (χ1v) is 4.81. The Hall–Kier alpha value is -0.290. The van der Waals surface area contributed by atoms with Gasteiger partial charge in [-0.2, -0.15) is 13.2 Å². The summed E-state index contributed by atoms with van der Waals surface area (Å²) in [5.74, 6) is 0. The zero-order chi connectivity index (χ0) is 11.0. The van der Waals surface area contributed by atoms with Gasteiger partial charge in [-0.15, -0.1) is 0 Å². The van der Waals surface area contributed by atoms with Crippen LogP contribution in [-0.4, -0.2) is 32.5 Å². The molecule has 0 heterocycles. The molecule has 2 nitrogen and oxygen atoms in total. The van der Waals surface area contributed by atoms with E-state index in [1.165, 1.54) is 0 Å². The van der Waals surface area contributed by atoms with Gasteiger partial charge in [-0.3, -0.25) is 0 Å². The van der Waals surface area contributed by atoms with E-state index in [0.29, 0.717) is 6.42 Å². The van der Waals surface area contributed by atoms with Crippen LogP contribution in [0.4, 0.5) is 13.2 Å². The van der Waals surface area contributed by atoms with Crippen LogP contribution >= 0.6 is 0 Å². The van der Waals surface area contributed by atoms with Gasteiger partial charge < -0.3 is 10.1 Å². The molecule has 0 fully saturated rings. The topological polar surface area (TPSA) is 21.3 Å². The second kappa shape index (κ2) is 7.06. The zero-order valence-electron chi connectivity index (χ0n) is 8.66. The van der Waals surface area contributed by atoms with Gasteiger partial charge in [-0.05, 0) is 39.8 Å². The molecule has 0 aromatic heterocycles. The molecular weight excluding hydrogens is 195 g/mol. The molecule has 0 rings (SSSR count). The minimum atomic E-state index is -4.23. The van der Waals surface area contributed by atoms with Crippen LogP contribution in [0.25, 0.3) is 0 Å². The van der Waals surface area contributed by atoms with Gasteiger partial charge in [0.1, 0.15) is 0 Å². The van der Waals surface area contributed by atoms with Gasteiger partial charge in [0.15, 0.2) is 6.10 Å². The third kappa shape index (κ3) is 7.15. The summed E-state index contributed by atoms with van der Waals surface area (Å²) in [6, 6.07) is 0. The standard InChI is InChI=1S/C9H18F3NO/c1-8(9(10,11)12)14-7-5-3-4-6-13-2/h8,13H,3-7H2,1-2H3. The van der Waals surface area contributed by atoms with Crippen molar-refractivity contribution in [2.75, 3.05) is 20.2 Å². The van der Waals surface area contributed by atoms with E-state index in [9.17, 15) is 13.2 Å². The highest BCUT2D eigenvalue weighted by Gasteiger charge is 2.36. The lowest BCUT2D eigenvalue weighted by Crippen LogP contribution is -2.28. The lowest BCUT2D eigenvalue weighted by Gasteiger charge is -2.16. The largest absolute Gasteiger partial charge is 0.414 e. The average molecular weight is 213 g/mol. The summed E-state index contributed by atoms with van der Waals surface area (Å²) in [4.78, 5) is 0. The Labute approximate surface area is 82.8 Å². The normalized spacial score (nSPS) is 14.4. The highest BCUT2D eigenvalue weighted by Crippen LogP contribution is 2.22. The first kappa shape index (κ1) is 13.7. The van der Waals surface area contributed by atoms with Crippen LogP contribution in [0.3, 0.4) is 0 Å². The summed E-state index contributed by atoms with van der Waals surface area (Å²) in [6.07, 6.45) is -3.33. The summed E-state index contributed by atoms with van der Waals surface area (Å²) in [7, 11) is 1.85. The van der Waals surface area contributed by atoms with Crippen molar-refractivity contribution in [2.24, 2.45) is 0 Å². The predicted molar refractivity (Wildman–Crippen MR) is 49.2 cm³/mol. The van der Waals surface area contributed by atoms with Crippen molar-refractivity contribution >= 4 is 0 Å². The van der Waals surface area contributed by atoms with Gasteiger partial charge in [-0.25, -0.2) is 0 Å². The Balaban J connectivity index is 3.28. The van der Waals surface area contributed by atoms with E-state index in [1.807, 2.05) is 7.05 Å². The van der Waals surface area contributed by atoms with Crippen LogP contribution in [0.2, 0.25) is 0 Å². The maximum absolute atomic E-state index is 11.9. The van der Waals surface area contributed by atoms with Crippen molar-refractivity contribution in [1.29, 1.82) is 0 Å². The number of alkyl halides is 3. The highest BCUT2D eigenvalue weighted by molar-refractivity contribution is 4.60. The molecular formula is C9H18F3NO. The molecule has 86 valence electrons. The number of rotatable bonds is 7. The molecule has 5 heteroatoms. The van der Waals surface area contributed by atoms with Crippen LogP contribution in [-0.2, 0) is 4.74 Å². The van der Waals surface area contributed by atoms with E-state index in [1.54, 1.807) is 0 Å². The van der Waals surface area contributed by atoms with Gasteiger partial charge in [0.05, 0.1) is 0 Å². The number of halogens is 3. The molecule has 0 bridgehead atoms. The summed E-state index contributed by atoms with van der Waals surface area (Å²) < 4.78 is 40.5. The predicted octanol–water partition coefficient (Wildman–Crippen LogP) is 2.34. The molecule has 1 N–H and O–H groups in total. The third-order valence-corrected chi connectivity index (χ3v) is 1.90. The molecule has 0 aromatic carbocycles. The molecule has 0 aliphatic heterocycles. The molecule has 0 aliphatic rings. The number of hydrogen-bond donors (Lipinski definition) is 1. The lowest BCUT2D eigenvalue weighted by atomic mass is 10.2. The minimum Gasteiger partial charge on any atom is -0.369 e. The highest BCUT2D eigenvalue weighted by atomic mass is 19.4. The molecule has 1 atom stereocenters. The van der Waals surface area contributed by atoms with E-state index < -0.39 is 12.3 Å². The monoisotopic (exact) mass is 213 g/mol. The molecule has 0 saturated carbocycles. The fourth-order valence-electron chi connectivity index (χ4n) is 0.935. The van der Waals surface area contributed by atoms with Crippen LogP contribution in [0.5, 0.6) is 0 Å². The smallest absolute Gasteiger partial charge is 0.369 e. The maximum Gasteiger partial charge on any atom is 0.414 e. The van der Waals surface area contributed by atoms with Crippen molar-refractivity contribution in [3.63, 3.8) is 0 Å². The second-order valence-corrected chi connectivity index (χ2v) is 3.22. The van der Waals surface area contributed by atoms with Gasteiger partial charge in [0.2, 0.25) is 0 Å². The molecule has 0 aliphatic carbocycles. The van der Waals surface area contributed by atoms with Crippen molar-refractivity contribution in [1.82, 2.24) is 5.32 Å². The Kier molecular flexibility index (Phi) is 6.92. The van der Waals surface area contributed by atoms with Crippen molar-refractivity contribution in [2.45, 2.75) is 38.5 Å². The van der Waals surface area contributed by atoms with E-state index in [4.69, 9.17) is 0 Å². The van der Waals surface area contributed by atoms with Crippen LogP contribution in [0, 0.1) is 0 Å². The number of nitrogens with one attached hydrogen (secondary N) is 1. The van der Waals surface area contributed by atoms with Crippen molar-refractivity contribution in [3.8, 4) is 0 Å². The Morgan fingerprint density at radius 2 is 1.86 bits per heavy atom. The van der Waals surface area contributed by atoms with Crippen molar-refractivity contribution < 1.29 is 17.9 Å². The van der Waals surface area contributed by atoms with Gasteiger partial charge in [0, 0.05) is 6.61 Å². The SMILES string of the molecule is CNCCCCCOC(C)C(F)(F)F. The number of unbranched alkanes of at least 4 members (excludes halogenated alkanes) is 2. The summed E-state index contributed by atoms with van der Waals surface area (Å²) in [5.41, 5.74) is 0. The number of hydrogen-bond acceptors (Lipinski definition) is 2. The van der Waals surface area contributed by atoms with Crippen LogP contribution < -0.4 is 5.32 Å². The zero-order valence-corrected chi connectivity index (χ0v) is 8.66. The van der Waals surface area contributed by atoms with E-state index in [2.05, 4.69) is 10.1 Å². The molecule has 0 aromatic rings. The van der Waals surface area contributed by atoms with E-state index in [-0.39, 0.29) is 6.61 Å². The molecule has 0 amide bonds. The van der Waals surface area contributed by atoms with E-state index in [0.717, 1.165) is 26.3 Å². The third-order valence-electron chi connectivity index (χ3n) is 1.90. The average Bonchev–Trinajstić information content (AvgIpc) is 2.09.